The van der Waals surface area contributed by atoms with Crippen LogP contribution < -0.4 is 16.0 Å². The third kappa shape index (κ3) is 3.67. The number of nitrogens with zero attached hydrogens (tertiary/aromatic N) is 5. The Kier molecular flexibility index (Phi) is 5.44. The van der Waals surface area contributed by atoms with Gasteiger partial charge in [-0.25, -0.2) is 13.9 Å². The van der Waals surface area contributed by atoms with Crippen molar-refractivity contribution in [1.82, 2.24) is 24.9 Å². The van der Waals surface area contributed by atoms with Gasteiger partial charge in [0, 0.05) is 18.4 Å². The average molecular weight is 395 g/mol. The van der Waals surface area contributed by atoms with Crippen LogP contribution in [0.15, 0.2) is 31.1 Å². The summed E-state index contributed by atoms with van der Waals surface area (Å²) in [4.78, 5) is 11.4. The van der Waals surface area contributed by atoms with Crippen LogP contribution in [0.2, 0.25) is 0 Å². The number of anilines is 2. The first-order valence-corrected chi connectivity index (χ1v) is 9.95. The second kappa shape index (κ2) is 8.16. The number of nitrogen functional groups attached to an aromatic ring is 1. The number of pyridine rings is 1. The summed E-state index contributed by atoms with van der Waals surface area (Å²) in [6, 6.07) is 3.61. The predicted octanol–water partition coefficient (Wildman–Crippen LogP) is 2.98. The Morgan fingerprint density at radius 3 is 3.10 bits per heavy atom. The first-order valence-electron chi connectivity index (χ1n) is 9.95. The van der Waals surface area contributed by atoms with Crippen molar-refractivity contribution in [2.45, 2.75) is 31.7 Å². The van der Waals surface area contributed by atoms with Gasteiger partial charge >= 0.3 is 0 Å². The Morgan fingerprint density at radius 1 is 1.45 bits per heavy atom. The second-order valence-corrected chi connectivity index (χ2v) is 7.30. The molecule has 1 aliphatic rings. The molecule has 7 nitrogen and oxygen atoms in total. The van der Waals surface area contributed by atoms with Crippen molar-refractivity contribution in [2.24, 2.45) is 0 Å². The quantitative estimate of drug-likeness (QED) is 0.599. The minimum absolute atomic E-state index is 0.0465. The molecule has 0 radical (unpaired) electrons. The van der Waals surface area contributed by atoms with E-state index < -0.39 is 0 Å². The Bertz CT molecular complexity index is 1030. The van der Waals surface area contributed by atoms with Crippen LogP contribution in [0.4, 0.5) is 16.0 Å². The van der Waals surface area contributed by atoms with E-state index >= 15 is 0 Å². The van der Waals surface area contributed by atoms with E-state index in [2.05, 4.69) is 26.9 Å². The molecule has 3 aromatic heterocycles. The summed E-state index contributed by atoms with van der Waals surface area (Å²) in [5.74, 6) is 0.933. The molecule has 0 bridgehead atoms. The number of halogens is 1. The summed E-state index contributed by atoms with van der Waals surface area (Å²) in [5.41, 5.74) is 9.28. The highest BCUT2D eigenvalue weighted by molar-refractivity contribution is 5.74. The first kappa shape index (κ1) is 19.3. The SMILES string of the molecule is C=Cc1c(N)nn2ccc(N3CCCC3c3cc(F)cnc3CCCNC)nc12. The van der Waals surface area contributed by atoms with E-state index in [-0.39, 0.29) is 11.9 Å². The van der Waals surface area contributed by atoms with Crippen LogP contribution in [0.25, 0.3) is 11.7 Å². The van der Waals surface area contributed by atoms with Crippen molar-refractivity contribution in [2.75, 3.05) is 30.8 Å². The van der Waals surface area contributed by atoms with Crippen LogP contribution >= 0.6 is 0 Å². The van der Waals surface area contributed by atoms with E-state index in [1.54, 1.807) is 16.7 Å². The molecule has 8 heteroatoms. The number of nitrogens with two attached hydrogens (primary N) is 1. The lowest BCUT2D eigenvalue weighted by atomic mass is 10.00. The normalized spacial score (nSPS) is 16.6. The summed E-state index contributed by atoms with van der Waals surface area (Å²) in [7, 11) is 1.93. The molecule has 4 rings (SSSR count). The number of hydrogen-bond donors (Lipinski definition) is 2. The van der Waals surface area contributed by atoms with Crippen LogP contribution in [-0.2, 0) is 6.42 Å². The smallest absolute Gasteiger partial charge is 0.166 e. The summed E-state index contributed by atoms with van der Waals surface area (Å²) < 4.78 is 15.7. The fraction of sp³-hybridized carbons (Fsp3) is 0.381. The van der Waals surface area contributed by atoms with Crippen molar-refractivity contribution in [3.63, 3.8) is 0 Å². The minimum Gasteiger partial charge on any atom is -0.382 e. The largest absolute Gasteiger partial charge is 0.382 e. The number of rotatable bonds is 7. The Balaban J connectivity index is 1.70. The maximum Gasteiger partial charge on any atom is 0.166 e. The van der Waals surface area contributed by atoms with Gasteiger partial charge in [0.05, 0.1) is 17.8 Å². The molecule has 1 saturated heterocycles. The molecule has 0 aromatic carbocycles. The molecule has 1 fully saturated rings. The Morgan fingerprint density at radius 2 is 2.31 bits per heavy atom. The molecule has 0 saturated carbocycles. The lowest BCUT2D eigenvalue weighted by molar-refractivity contribution is 0.600. The van der Waals surface area contributed by atoms with Crippen molar-refractivity contribution in [3.8, 4) is 0 Å². The first-order chi connectivity index (χ1) is 14.1. The van der Waals surface area contributed by atoms with Crippen LogP contribution in [-0.4, -0.2) is 39.7 Å². The van der Waals surface area contributed by atoms with E-state index in [1.165, 1.54) is 6.20 Å². The third-order valence-corrected chi connectivity index (χ3v) is 5.46. The molecule has 152 valence electrons. The molecule has 1 atom stereocenters. The lowest BCUT2D eigenvalue weighted by Gasteiger charge is -2.27. The minimum atomic E-state index is -0.301. The Labute approximate surface area is 169 Å². The third-order valence-electron chi connectivity index (χ3n) is 5.46. The van der Waals surface area contributed by atoms with Crippen LogP contribution in [0, 0.1) is 5.82 Å². The van der Waals surface area contributed by atoms with Crippen molar-refractivity contribution < 1.29 is 4.39 Å². The number of nitrogens with one attached hydrogen (secondary N) is 1. The monoisotopic (exact) mass is 395 g/mol. The number of fused-ring (bicyclic) bond motifs is 1. The van der Waals surface area contributed by atoms with E-state index in [1.807, 2.05) is 19.3 Å². The van der Waals surface area contributed by atoms with Gasteiger partial charge in [0.25, 0.3) is 0 Å². The second-order valence-electron chi connectivity index (χ2n) is 7.30. The van der Waals surface area contributed by atoms with Crippen molar-refractivity contribution in [3.05, 3.63) is 53.7 Å². The van der Waals surface area contributed by atoms with Gasteiger partial charge in [0.1, 0.15) is 11.6 Å². The molecule has 0 aliphatic carbocycles. The van der Waals surface area contributed by atoms with Crippen LogP contribution in [0.1, 0.15) is 42.1 Å². The molecule has 3 aromatic rings. The van der Waals surface area contributed by atoms with Crippen molar-refractivity contribution in [1.29, 1.82) is 0 Å². The standard InChI is InChI=1S/C21H26FN7/c1-3-15-20(23)27-29-11-8-19(26-21(15)29)28-10-5-7-18(28)16-12-14(22)13-25-17(16)6-4-9-24-2/h3,8,11-13,18,24H,1,4-7,9-10H2,2H3,(H2,23,27). The van der Waals surface area contributed by atoms with Gasteiger partial charge in [-0.3, -0.25) is 4.98 Å². The predicted molar refractivity (Wildman–Crippen MR) is 113 cm³/mol. The molecule has 4 heterocycles. The van der Waals surface area contributed by atoms with Gasteiger partial charge in [-0.1, -0.05) is 12.7 Å². The van der Waals surface area contributed by atoms with E-state index in [0.29, 0.717) is 11.5 Å². The molecule has 1 aliphatic heterocycles. The number of hydrogen-bond acceptors (Lipinski definition) is 6. The van der Waals surface area contributed by atoms with E-state index in [0.717, 1.165) is 61.4 Å². The molecular weight excluding hydrogens is 369 g/mol. The molecule has 1 unspecified atom stereocenters. The van der Waals surface area contributed by atoms with Crippen molar-refractivity contribution >= 4 is 23.4 Å². The highest BCUT2D eigenvalue weighted by atomic mass is 19.1. The van der Waals surface area contributed by atoms with E-state index in [4.69, 9.17) is 10.7 Å². The van der Waals surface area contributed by atoms with Gasteiger partial charge in [-0.2, -0.15) is 0 Å². The molecular formula is C21H26FN7. The zero-order valence-electron chi connectivity index (χ0n) is 16.6. The summed E-state index contributed by atoms with van der Waals surface area (Å²) in [5, 5.41) is 7.43. The van der Waals surface area contributed by atoms with Gasteiger partial charge in [0.2, 0.25) is 0 Å². The number of aryl methyl sites for hydroxylation is 1. The van der Waals surface area contributed by atoms with Crippen LogP contribution in [0.3, 0.4) is 0 Å². The summed E-state index contributed by atoms with van der Waals surface area (Å²) in [6.45, 7) is 5.57. The van der Waals surface area contributed by atoms with Gasteiger partial charge in [-0.05, 0) is 57.0 Å². The van der Waals surface area contributed by atoms with Gasteiger partial charge < -0.3 is 16.0 Å². The molecule has 0 amide bonds. The Hall–Kier alpha value is -3.00. The fourth-order valence-electron chi connectivity index (χ4n) is 4.09. The van der Waals surface area contributed by atoms with E-state index in [9.17, 15) is 4.39 Å². The molecule has 0 spiro atoms. The zero-order valence-corrected chi connectivity index (χ0v) is 16.6. The molecule has 3 N–H and O–H groups in total. The average Bonchev–Trinajstić information content (AvgIpc) is 3.32. The lowest BCUT2D eigenvalue weighted by Crippen LogP contribution is -2.25. The highest BCUT2D eigenvalue weighted by Gasteiger charge is 2.30. The fourth-order valence-corrected chi connectivity index (χ4v) is 4.09. The van der Waals surface area contributed by atoms with Gasteiger partial charge in [-0.15, -0.1) is 5.10 Å². The summed E-state index contributed by atoms with van der Waals surface area (Å²) >= 11 is 0. The topological polar surface area (TPSA) is 84.4 Å². The highest BCUT2D eigenvalue weighted by Crippen LogP contribution is 2.37. The maximum atomic E-state index is 14.1. The summed E-state index contributed by atoms with van der Waals surface area (Å²) in [6.07, 6.45) is 8.56. The number of aromatic nitrogens is 4. The maximum absolute atomic E-state index is 14.1. The van der Waals surface area contributed by atoms with Crippen LogP contribution in [0.5, 0.6) is 0 Å². The zero-order chi connectivity index (χ0) is 20.4. The molecule has 29 heavy (non-hydrogen) atoms. The van der Waals surface area contributed by atoms with Gasteiger partial charge in [0.15, 0.2) is 11.5 Å².